The minimum Gasteiger partial charge on any atom is -0.318 e. The number of fused-ring (bicyclic) bond motifs is 3. The molecule has 3 heterocycles. The second-order valence-corrected chi connectivity index (χ2v) is 9.69. The first-order valence-electron chi connectivity index (χ1n) is 10.1. The van der Waals surface area contributed by atoms with Crippen molar-refractivity contribution >= 4 is 51.0 Å². The fraction of sp³-hybridized carbons (Fsp3) is 0.261. The van der Waals surface area contributed by atoms with E-state index in [9.17, 15) is 4.79 Å². The molecule has 0 radical (unpaired) electrons. The molecule has 5 nitrogen and oxygen atoms in total. The number of halogens is 2. The molecule has 0 unspecified atom stereocenters. The number of rotatable bonds is 3. The highest BCUT2D eigenvalue weighted by atomic mass is 35.5. The molecule has 1 aromatic carbocycles. The van der Waals surface area contributed by atoms with E-state index in [1.807, 2.05) is 32.0 Å². The second kappa shape index (κ2) is 7.93. The maximum absolute atomic E-state index is 13.1. The summed E-state index contributed by atoms with van der Waals surface area (Å²) >= 11 is 13.9. The highest BCUT2D eigenvalue weighted by Gasteiger charge is 2.20. The molecular formula is C23H20Cl2N4OS. The molecule has 0 fully saturated rings. The number of aromatic nitrogens is 3. The van der Waals surface area contributed by atoms with Gasteiger partial charge in [0.2, 0.25) is 0 Å². The van der Waals surface area contributed by atoms with Gasteiger partial charge in [-0.25, -0.2) is 4.98 Å². The van der Waals surface area contributed by atoms with Crippen molar-refractivity contribution in [3.8, 4) is 5.69 Å². The molecule has 8 heteroatoms. The van der Waals surface area contributed by atoms with Crippen LogP contribution < -0.4 is 5.56 Å². The van der Waals surface area contributed by atoms with Gasteiger partial charge in [-0.2, -0.15) is 9.78 Å². The van der Waals surface area contributed by atoms with Gasteiger partial charge in [-0.15, -0.1) is 11.3 Å². The van der Waals surface area contributed by atoms with Gasteiger partial charge in [0.25, 0.3) is 5.56 Å². The number of nitrogens with zero attached hydrogens (tertiary/aromatic N) is 4. The third-order valence-corrected chi connectivity index (χ3v) is 7.75. The Balaban J connectivity index is 1.54. The highest BCUT2D eigenvalue weighted by Crippen LogP contribution is 2.33. The topological polar surface area (TPSA) is 52.2 Å². The van der Waals surface area contributed by atoms with Gasteiger partial charge in [-0.05, 0) is 69.4 Å². The molecule has 0 atom stereocenters. The molecule has 0 saturated carbocycles. The van der Waals surface area contributed by atoms with Crippen LogP contribution in [0.25, 0.3) is 15.9 Å². The molecule has 0 saturated heterocycles. The average Bonchev–Trinajstić information content (AvgIpc) is 3.27. The van der Waals surface area contributed by atoms with Crippen molar-refractivity contribution in [1.29, 1.82) is 0 Å². The largest absolute Gasteiger partial charge is 0.318 e. The van der Waals surface area contributed by atoms with Crippen LogP contribution in [0.1, 0.15) is 40.2 Å². The molecule has 0 amide bonds. The summed E-state index contributed by atoms with van der Waals surface area (Å²) in [4.78, 5) is 19.7. The monoisotopic (exact) mass is 470 g/mol. The van der Waals surface area contributed by atoms with Gasteiger partial charge in [-0.1, -0.05) is 23.2 Å². The van der Waals surface area contributed by atoms with E-state index in [0.717, 1.165) is 52.1 Å². The normalized spacial score (nSPS) is 13.9. The summed E-state index contributed by atoms with van der Waals surface area (Å²) in [6.07, 6.45) is 7.52. The van der Waals surface area contributed by atoms with Gasteiger partial charge < -0.3 is 4.57 Å². The van der Waals surface area contributed by atoms with Crippen molar-refractivity contribution in [1.82, 2.24) is 14.2 Å². The molecule has 4 aromatic rings. The Morgan fingerprint density at radius 2 is 1.94 bits per heavy atom. The second-order valence-electron chi connectivity index (χ2n) is 7.79. The lowest BCUT2D eigenvalue weighted by atomic mass is 9.97. The molecule has 0 spiro atoms. The predicted octanol–water partition coefficient (Wildman–Crippen LogP) is 5.93. The maximum atomic E-state index is 13.1. The van der Waals surface area contributed by atoms with Crippen LogP contribution in [0, 0.1) is 13.8 Å². The number of hydrogen-bond donors (Lipinski definition) is 0. The van der Waals surface area contributed by atoms with Crippen molar-refractivity contribution in [2.45, 2.75) is 39.5 Å². The smallest absolute Gasteiger partial charge is 0.282 e. The van der Waals surface area contributed by atoms with Crippen LogP contribution in [-0.4, -0.2) is 20.4 Å². The van der Waals surface area contributed by atoms with Crippen molar-refractivity contribution in [3.05, 3.63) is 78.4 Å². The molecule has 3 aromatic heterocycles. The van der Waals surface area contributed by atoms with Crippen LogP contribution in [0.5, 0.6) is 0 Å². The lowest BCUT2D eigenvalue weighted by molar-refractivity contribution is 0.699. The first-order valence-corrected chi connectivity index (χ1v) is 11.7. The van der Waals surface area contributed by atoms with E-state index in [-0.39, 0.29) is 5.56 Å². The van der Waals surface area contributed by atoms with Crippen LogP contribution >= 0.6 is 34.5 Å². The Labute approximate surface area is 193 Å². The van der Waals surface area contributed by atoms with E-state index in [0.29, 0.717) is 10.0 Å². The van der Waals surface area contributed by atoms with Gasteiger partial charge >= 0.3 is 0 Å². The number of benzene rings is 1. The molecule has 158 valence electrons. The van der Waals surface area contributed by atoms with Crippen LogP contribution in [0.3, 0.4) is 0 Å². The van der Waals surface area contributed by atoms with Gasteiger partial charge in [-0.3, -0.25) is 4.79 Å². The molecule has 1 aliphatic carbocycles. The fourth-order valence-corrected chi connectivity index (χ4v) is 5.80. The third-order valence-electron chi connectivity index (χ3n) is 5.81. The Morgan fingerprint density at radius 1 is 1.13 bits per heavy atom. The van der Waals surface area contributed by atoms with Crippen LogP contribution in [-0.2, 0) is 12.8 Å². The highest BCUT2D eigenvalue weighted by molar-refractivity contribution is 7.18. The summed E-state index contributed by atoms with van der Waals surface area (Å²) in [6, 6.07) is 7.59. The van der Waals surface area contributed by atoms with E-state index in [2.05, 4.69) is 14.7 Å². The predicted molar refractivity (Wildman–Crippen MR) is 129 cm³/mol. The summed E-state index contributed by atoms with van der Waals surface area (Å²) in [5.74, 6) is 0. The van der Waals surface area contributed by atoms with E-state index >= 15 is 0 Å². The SMILES string of the molecule is Cc1cc(C=Nn2cnc3sc4c(c3c2=O)CCCC4)c(C)n1-c1ccc(Cl)c(Cl)c1. The van der Waals surface area contributed by atoms with Crippen LogP contribution in [0.2, 0.25) is 10.0 Å². The number of thiophene rings is 1. The van der Waals surface area contributed by atoms with Crippen molar-refractivity contribution in [2.75, 3.05) is 0 Å². The zero-order valence-corrected chi connectivity index (χ0v) is 19.5. The molecule has 0 N–H and O–H groups in total. The fourth-order valence-electron chi connectivity index (χ4n) is 4.28. The van der Waals surface area contributed by atoms with E-state index in [1.54, 1.807) is 23.6 Å². The first-order chi connectivity index (χ1) is 14.9. The van der Waals surface area contributed by atoms with E-state index in [1.165, 1.54) is 27.9 Å². The average molecular weight is 471 g/mol. The lowest BCUT2D eigenvalue weighted by Crippen LogP contribution is -2.18. The van der Waals surface area contributed by atoms with Gasteiger partial charge in [0.1, 0.15) is 11.2 Å². The lowest BCUT2D eigenvalue weighted by Gasteiger charge is -2.10. The minimum absolute atomic E-state index is 0.0982. The van der Waals surface area contributed by atoms with Crippen LogP contribution in [0.15, 0.2) is 40.5 Å². The first kappa shape index (κ1) is 20.5. The quantitative estimate of drug-likeness (QED) is 0.348. The summed E-state index contributed by atoms with van der Waals surface area (Å²) in [6.45, 7) is 4.03. The van der Waals surface area contributed by atoms with Crippen molar-refractivity contribution in [2.24, 2.45) is 5.10 Å². The minimum atomic E-state index is -0.0982. The molecule has 1 aliphatic rings. The Morgan fingerprint density at radius 3 is 2.74 bits per heavy atom. The van der Waals surface area contributed by atoms with Crippen LogP contribution in [0.4, 0.5) is 0 Å². The number of aryl methyl sites for hydroxylation is 3. The standard InChI is InChI=1S/C23H20Cl2N4OS/c1-13-9-15(14(2)29(13)16-7-8-18(24)19(25)10-16)11-27-28-12-26-22-21(23(28)30)17-5-3-4-6-20(17)31-22/h7-12H,3-6H2,1-2H3. The van der Waals surface area contributed by atoms with E-state index < -0.39 is 0 Å². The van der Waals surface area contributed by atoms with Crippen molar-refractivity contribution < 1.29 is 0 Å². The summed E-state index contributed by atoms with van der Waals surface area (Å²) in [7, 11) is 0. The van der Waals surface area contributed by atoms with Crippen molar-refractivity contribution in [3.63, 3.8) is 0 Å². The molecule has 31 heavy (non-hydrogen) atoms. The Kier molecular flexibility index (Phi) is 5.24. The Hall–Kier alpha value is -2.41. The summed E-state index contributed by atoms with van der Waals surface area (Å²) in [5.41, 5.74) is 4.95. The summed E-state index contributed by atoms with van der Waals surface area (Å²) < 4.78 is 3.43. The van der Waals surface area contributed by atoms with Gasteiger partial charge in [0.05, 0.1) is 21.6 Å². The zero-order chi connectivity index (χ0) is 21.7. The summed E-state index contributed by atoms with van der Waals surface area (Å²) in [5, 5.41) is 6.22. The van der Waals surface area contributed by atoms with E-state index in [4.69, 9.17) is 23.2 Å². The number of hydrogen-bond acceptors (Lipinski definition) is 4. The maximum Gasteiger partial charge on any atom is 0.282 e. The molecule has 0 bridgehead atoms. The zero-order valence-electron chi connectivity index (χ0n) is 17.2. The van der Waals surface area contributed by atoms with Gasteiger partial charge in [0.15, 0.2) is 0 Å². The molecular weight excluding hydrogens is 451 g/mol. The van der Waals surface area contributed by atoms with Gasteiger partial charge in [0, 0.05) is 27.5 Å². The Bertz CT molecular complexity index is 1410. The third kappa shape index (κ3) is 3.53. The molecule has 5 rings (SSSR count). The molecule has 0 aliphatic heterocycles.